The van der Waals surface area contributed by atoms with Gasteiger partial charge in [0.05, 0.1) is 19.6 Å². The highest BCUT2D eigenvalue weighted by Crippen LogP contribution is 2.46. The number of hydrogen-bond acceptors (Lipinski definition) is 9. The van der Waals surface area contributed by atoms with Crippen molar-refractivity contribution in [3.8, 4) is 5.75 Å². The molecule has 4 heterocycles. The predicted octanol–water partition coefficient (Wildman–Crippen LogP) is 4.59. The van der Waals surface area contributed by atoms with Gasteiger partial charge in [-0.15, -0.1) is 0 Å². The number of esters is 1. The van der Waals surface area contributed by atoms with Gasteiger partial charge in [0.2, 0.25) is 23.9 Å². The zero-order chi connectivity index (χ0) is 33.7. The van der Waals surface area contributed by atoms with Crippen LogP contribution in [0.1, 0.15) is 104 Å². The van der Waals surface area contributed by atoms with Crippen molar-refractivity contribution in [1.29, 1.82) is 0 Å². The van der Waals surface area contributed by atoms with E-state index in [0.717, 1.165) is 31.7 Å². The van der Waals surface area contributed by atoms with E-state index in [9.17, 15) is 28.0 Å². The van der Waals surface area contributed by atoms with Gasteiger partial charge >= 0.3 is 5.97 Å². The van der Waals surface area contributed by atoms with Crippen molar-refractivity contribution in [1.82, 2.24) is 14.8 Å². The van der Waals surface area contributed by atoms with Gasteiger partial charge in [-0.1, -0.05) is 43.8 Å². The van der Waals surface area contributed by atoms with Crippen molar-refractivity contribution < 1.29 is 42.2 Å². The van der Waals surface area contributed by atoms with Crippen LogP contribution >= 0.6 is 0 Å². The molecule has 2 aromatic rings. The van der Waals surface area contributed by atoms with Crippen molar-refractivity contribution in [2.45, 2.75) is 95.9 Å². The van der Waals surface area contributed by atoms with Crippen LogP contribution in [-0.2, 0) is 25.7 Å². The topological polar surface area (TPSA) is 138 Å². The zero-order valence-electron chi connectivity index (χ0n) is 26.8. The SMILES string of the molecule is CCCCCCCC(=O)OCOc1c2n(cc(C(=O)NCc3ccc(F)cc3F)c1=O)[C@@H]1CN(C2=O)[C@@H](C)CC[C@]12CC(OC)=NO2. The van der Waals surface area contributed by atoms with Crippen LogP contribution in [0.3, 0.4) is 0 Å². The maximum atomic E-state index is 14.3. The number of hydrogen-bond donors (Lipinski definition) is 1. The molecule has 1 spiro atoms. The normalized spacial score (nSPS) is 21.4. The molecular weight excluding hydrogens is 618 g/mol. The molecule has 2 amide bonds. The summed E-state index contributed by atoms with van der Waals surface area (Å²) in [6, 6.07) is 2.08. The molecule has 0 aliphatic carbocycles. The Morgan fingerprint density at radius 2 is 1.96 bits per heavy atom. The largest absolute Gasteiger partial charge is 0.482 e. The van der Waals surface area contributed by atoms with Crippen LogP contribution in [-0.4, -0.2) is 65.2 Å². The Bertz CT molecular complexity index is 1610. The standard InChI is InChI=1S/C33H40F2N4O8/c1-4-5-6-7-8-9-27(40)45-19-46-30-28-32(43)38-18-25(33(13-12-20(38)2)15-26(44-3)37-47-33)39(28)17-23(29(30)41)31(42)36-16-21-10-11-22(34)14-24(21)35/h10-11,14,17,20,25H,4-9,12-13,15-16,18-19H2,1-3H3,(H,36,42)/t20-,25+,33-/m0/s1. The number of carbonyl (C=O) groups is 3. The predicted molar refractivity (Wildman–Crippen MR) is 165 cm³/mol. The molecule has 1 aromatic carbocycles. The van der Waals surface area contributed by atoms with Crippen molar-refractivity contribution >= 4 is 23.7 Å². The first-order valence-electron chi connectivity index (χ1n) is 16.0. The van der Waals surface area contributed by atoms with E-state index in [1.807, 2.05) is 6.92 Å². The summed E-state index contributed by atoms with van der Waals surface area (Å²) in [6.07, 6.45) is 7.45. The van der Waals surface area contributed by atoms with Gasteiger partial charge in [0.25, 0.3) is 11.8 Å². The lowest BCUT2D eigenvalue weighted by molar-refractivity contribution is -0.150. The second-order valence-corrected chi connectivity index (χ2v) is 12.2. The first-order chi connectivity index (χ1) is 22.6. The molecular formula is C33H40F2N4O8. The molecule has 254 valence electrons. The van der Waals surface area contributed by atoms with Gasteiger partial charge in [-0.3, -0.25) is 19.2 Å². The highest BCUT2D eigenvalue weighted by atomic mass is 19.1. The molecule has 1 aromatic heterocycles. The van der Waals surface area contributed by atoms with Crippen LogP contribution < -0.4 is 15.5 Å². The fraction of sp³-hybridized carbons (Fsp3) is 0.545. The number of ether oxygens (including phenoxy) is 3. The molecule has 0 radical (unpaired) electrons. The Balaban J connectivity index is 1.48. The van der Waals surface area contributed by atoms with Gasteiger partial charge in [0, 0.05) is 43.4 Å². The summed E-state index contributed by atoms with van der Waals surface area (Å²) in [5.74, 6) is -3.63. The summed E-state index contributed by atoms with van der Waals surface area (Å²) >= 11 is 0. The van der Waals surface area contributed by atoms with E-state index < -0.39 is 64.6 Å². The number of carbonyl (C=O) groups excluding carboxylic acids is 3. The lowest BCUT2D eigenvalue weighted by atomic mass is 9.85. The minimum atomic E-state index is -0.967. The van der Waals surface area contributed by atoms with Gasteiger partial charge in [0.15, 0.2) is 11.3 Å². The lowest BCUT2D eigenvalue weighted by Gasteiger charge is -2.42. The van der Waals surface area contributed by atoms with Crippen LogP contribution in [0.2, 0.25) is 0 Å². The smallest absolute Gasteiger partial charge is 0.308 e. The molecule has 1 N–H and O–H groups in total. The quantitative estimate of drug-likeness (QED) is 0.199. The molecule has 1 fully saturated rings. The average Bonchev–Trinajstić information content (AvgIpc) is 3.43. The fourth-order valence-electron chi connectivity index (χ4n) is 6.35. The van der Waals surface area contributed by atoms with E-state index in [2.05, 4.69) is 17.4 Å². The molecule has 2 bridgehead atoms. The summed E-state index contributed by atoms with van der Waals surface area (Å²) in [6.45, 7) is 3.18. The monoisotopic (exact) mass is 658 g/mol. The Morgan fingerprint density at radius 1 is 1.17 bits per heavy atom. The van der Waals surface area contributed by atoms with Crippen LogP contribution in [0.4, 0.5) is 8.78 Å². The second-order valence-electron chi connectivity index (χ2n) is 12.2. The van der Waals surface area contributed by atoms with Crippen molar-refractivity contribution in [3.05, 3.63) is 63.1 Å². The van der Waals surface area contributed by atoms with Gasteiger partial charge in [-0.2, -0.15) is 0 Å². The van der Waals surface area contributed by atoms with Crippen LogP contribution in [0.25, 0.3) is 0 Å². The number of fused-ring (bicyclic) bond motifs is 5. The van der Waals surface area contributed by atoms with E-state index in [1.54, 1.807) is 4.90 Å². The highest BCUT2D eigenvalue weighted by Gasteiger charge is 2.55. The van der Waals surface area contributed by atoms with Crippen LogP contribution in [0, 0.1) is 11.6 Å². The summed E-state index contributed by atoms with van der Waals surface area (Å²) in [4.78, 5) is 61.4. The van der Waals surface area contributed by atoms with Crippen LogP contribution in [0.15, 0.2) is 34.3 Å². The summed E-state index contributed by atoms with van der Waals surface area (Å²) in [7, 11) is 1.48. The number of oxime groups is 1. The number of amides is 2. The molecule has 5 rings (SSSR count). The second kappa shape index (κ2) is 14.5. The number of halogens is 2. The summed E-state index contributed by atoms with van der Waals surface area (Å²) < 4.78 is 45.6. The summed E-state index contributed by atoms with van der Waals surface area (Å²) in [5.41, 5.74) is -2.40. The Kier molecular flexibility index (Phi) is 10.5. The van der Waals surface area contributed by atoms with E-state index >= 15 is 0 Å². The van der Waals surface area contributed by atoms with Gasteiger partial charge < -0.3 is 33.8 Å². The van der Waals surface area contributed by atoms with E-state index in [-0.39, 0.29) is 43.2 Å². The number of pyridine rings is 1. The van der Waals surface area contributed by atoms with E-state index in [1.165, 1.54) is 23.9 Å². The maximum absolute atomic E-state index is 14.3. The first kappa shape index (κ1) is 33.9. The molecule has 3 atom stereocenters. The number of unbranched alkanes of at least 4 members (excludes halogenated alkanes) is 4. The molecule has 14 heteroatoms. The molecule has 3 aliphatic heterocycles. The zero-order valence-corrected chi connectivity index (χ0v) is 26.8. The Hall–Kier alpha value is -4.49. The molecule has 3 aliphatic rings. The Morgan fingerprint density at radius 3 is 2.68 bits per heavy atom. The van der Waals surface area contributed by atoms with Gasteiger partial charge in [-0.25, -0.2) is 8.78 Å². The molecule has 0 unspecified atom stereocenters. The third-order valence-electron chi connectivity index (χ3n) is 9.11. The molecule has 47 heavy (non-hydrogen) atoms. The summed E-state index contributed by atoms with van der Waals surface area (Å²) in [5, 5.41) is 6.61. The van der Waals surface area contributed by atoms with E-state index in [0.29, 0.717) is 31.2 Å². The number of nitrogens with one attached hydrogen (secondary N) is 1. The average molecular weight is 659 g/mol. The Labute approximate surface area is 271 Å². The van der Waals surface area contributed by atoms with Crippen LogP contribution in [0.5, 0.6) is 5.75 Å². The third kappa shape index (κ3) is 7.10. The van der Waals surface area contributed by atoms with E-state index in [4.69, 9.17) is 19.0 Å². The molecule has 1 saturated heterocycles. The number of aromatic nitrogens is 1. The molecule has 12 nitrogen and oxygen atoms in total. The number of benzene rings is 1. The maximum Gasteiger partial charge on any atom is 0.308 e. The minimum Gasteiger partial charge on any atom is -0.482 e. The van der Waals surface area contributed by atoms with Gasteiger partial charge in [-0.05, 0) is 32.3 Å². The highest BCUT2D eigenvalue weighted by molar-refractivity contribution is 5.99. The minimum absolute atomic E-state index is 0.00187. The van der Waals surface area contributed by atoms with Crippen molar-refractivity contribution in [3.63, 3.8) is 0 Å². The number of methoxy groups -OCH3 is 1. The fourth-order valence-corrected chi connectivity index (χ4v) is 6.35. The first-order valence-corrected chi connectivity index (χ1v) is 16.0. The lowest BCUT2D eigenvalue weighted by Crippen LogP contribution is -2.52. The van der Waals surface area contributed by atoms with Crippen molar-refractivity contribution in [2.75, 3.05) is 20.4 Å². The van der Waals surface area contributed by atoms with Crippen molar-refractivity contribution in [2.24, 2.45) is 5.16 Å². The number of nitrogens with zero attached hydrogens (tertiary/aromatic N) is 3. The number of rotatable bonds is 12. The molecule has 0 saturated carbocycles. The third-order valence-corrected chi connectivity index (χ3v) is 9.11. The van der Waals surface area contributed by atoms with Gasteiger partial charge in [0.1, 0.15) is 17.2 Å².